The second-order valence-corrected chi connectivity index (χ2v) is 7.94. The summed E-state index contributed by atoms with van der Waals surface area (Å²) < 4.78 is 47.8. The first kappa shape index (κ1) is 20.9. The van der Waals surface area contributed by atoms with E-state index in [0.717, 1.165) is 6.92 Å². The van der Waals surface area contributed by atoms with Crippen LogP contribution in [0.2, 0.25) is 0 Å². The molecule has 1 N–H and O–H groups in total. The average Bonchev–Trinajstić information content (AvgIpc) is 2.95. The van der Waals surface area contributed by atoms with Crippen LogP contribution >= 0.6 is 0 Å². The molecule has 1 atom stereocenters. The maximum Gasteiger partial charge on any atom is 0.425 e. The number of alkyl halides is 3. The number of hydrogen-bond donors (Lipinski definition) is 1. The molecule has 1 aromatic rings. The van der Waals surface area contributed by atoms with Gasteiger partial charge in [-0.25, -0.2) is 0 Å². The first-order valence-corrected chi connectivity index (χ1v) is 9.45. The molecule has 0 aromatic heterocycles. The molecule has 2 fully saturated rings. The van der Waals surface area contributed by atoms with Crippen molar-refractivity contribution >= 4 is 11.6 Å². The summed E-state index contributed by atoms with van der Waals surface area (Å²) in [4.78, 5) is 14.8. The number of amides is 1. The Bertz CT molecular complexity index is 696. The Hall–Kier alpha value is -1.80. The van der Waals surface area contributed by atoms with Crippen molar-refractivity contribution in [2.24, 2.45) is 5.41 Å². The van der Waals surface area contributed by atoms with Gasteiger partial charge in [0.25, 0.3) is 0 Å². The summed E-state index contributed by atoms with van der Waals surface area (Å²) in [6, 6.07) is 6.13. The van der Waals surface area contributed by atoms with E-state index in [9.17, 15) is 23.1 Å². The van der Waals surface area contributed by atoms with Gasteiger partial charge in [-0.15, -0.1) is 0 Å². The molecule has 0 radical (unpaired) electrons. The van der Waals surface area contributed by atoms with E-state index in [-0.39, 0.29) is 18.3 Å². The van der Waals surface area contributed by atoms with E-state index in [4.69, 9.17) is 9.47 Å². The number of carbonyl (C=O) groups excluding carboxylic acids is 1. The second kappa shape index (κ2) is 7.55. The summed E-state index contributed by atoms with van der Waals surface area (Å²) in [5, 5.41) is 10.5. The lowest BCUT2D eigenvalue weighted by Gasteiger charge is -2.40. The van der Waals surface area contributed by atoms with E-state index in [0.29, 0.717) is 44.3 Å². The Balaban J connectivity index is 1.65. The van der Waals surface area contributed by atoms with Crippen molar-refractivity contribution < 1.29 is 32.5 Å². The summed E-state index contributed by atoms with van der Waals surface area (Å²) in [6.07, 6.45) is -3.38. The quantitative estimate of drug-likeness (QED) is 0.818. The third-order valence-electron chi connectivity index (χ3n) is 5.99. The topological polar surface area (TPSA) is 59.0 Å². The number of methoxy groups -OCH3 is 1. The van der Waals surface area contributed by atoms with Crippen molar-refractivity contribution in [1.29, 1.82) is 0 Å². The van der Waals surface area contributed by atoms with Crippen molar-refractivity contribution in [2.45, 2.75) is 56.9 Å². The molecule has 1 heterocycles. The maximum absolute atomic E-state index is 13.1. The Morgan fingerprint density at radius 3 is 2.29 bits per heavy atom. The molecule has 0 unspecified atom stereocenters. The maximum atomic E-state index is 13.1. The number of halogens is 3. The van der Waals surface area contributed by atoms with Crippen LogP contribution in [0.1, 0.15) is 39.0 Å². The Kier molecular flexibility index (Phi) is 5.64. The molecule has 2 aliphatic rings. The van der Waals surface area contributed by atoms with Crippen LogP contribution in [0.25, 0.3) is 0 Å². The minimum Gasteiger partial charge on any atom is -0.481 e. The minimum absolute atomic E-state index is 0.0179. The SMILES string of the molecule is COCC1(O)CCC2(CCN(c3ccc(O[C@@H](C)C(F)(F)F)cc3)C2=O)CC1. The van der Waals surface area contributed by atoms with Crippen LogP contribution in [0.5, 0.6) is 5.75 Å². The molecule has 156 valence electrons. The monoisotopic (exact) mass is 401 g/mol. The van der Waals surface area contributed by atoms with Crippen molar-refractivity contribution in [3.05, 3.63) is 24.3 Å². The van der Waals surface area contributed by atoms with Crippen LogP contribution in [-0.2, 0) is 9.53 Å². The van der Waals surface area contributed by atoms with Crippen LogP contribution < -0.4 is 9.64 Å². The van der Waals surface area contributed by atoms with E-state index in [1.54, 1.807) is 24.1 Å². The third kappa shape index (κ3) is 4.12. The second-order valence-electron chi connectivity index (χ2n) is 7.94. The van der Waals surface area contributed by atoms with Crippen LogP contribution in [0.4, 0.5) is 18.9 Å². The van der Waals surface area contributed by atoms with Gasteiger partial charge in [-0.05, 0) is 63.3 Å². The zero-order valence-corrected chi connectivity index (χ0v) is 16.1. The zero-order chi connectivity index (χ0) is 20.6. The summed E-state index contributed by atoms with van der Waals surface area (Å²) in [5.74, 6) is 0.126. The van der Waals surface area contributed by atoms with Gasteiger partial charge in [0.15, 0.2) is 6.10 Å². The molecule has 1 aromatic carbocycles. The van der Waals surface area contributed by atoms with Gasteiger partial charge in [0, 0.05) is 19.3 Å². The van der Waals surface area contributed by atoms with Gasteiger partial charge in [-0.1, -0.05) is 0 Å². The molecule has 1 saturated heterocycles. The average molecular weight is 401 g/mol. The number of benzene rings is 1. The highest BCUT2D eigenvalue weighted by Gasteiger charge is 2.51. The lowest BCUT2D eigenvalue weighted by atomic mass is 9.68. The lowest BCUT2D eigenvalue weighted by molar-refractivity contribution is -0.189. The molecule has 1 aliphatic carbocycles. The van der Waals surface area contributed by atoms with Crippen molar-refractivity contribution in [1.82, 2.24) is 0 Å². The van der Waals surface area contributed by atoms with Crippen LogP contribution in [-0.4, -0.2) is 49.2 Å². The molecule has 5 nitrogen and oxygen atoms in total. The molecule has 1 saturated carbocycles. The fourth-order valence-electron chi connectivity index (χ4n) is 4.11. The molecule has 3 rings (SSSR count). The van der Waals surface area contributed by atoms with Crippen molar-refractivity contribution in [3.8, 4) is 5.75 Å². The molecular weight excluding hydrogens is 375 g/mol. The Labute approximate surface area is 162 Å². The molecule has 1 amide bonds. The smallest absolute Gasteiger partial charge is 0.425 e. The number of carbonyl (C=O) groups is 1. The molecule has 28 heavy (non-hydrogen) atoms. The van der Waals surface area contributed by atoms with Gasteiger partial charge in [0.05, 0.1) is 17.6 Å². The molecule has 1 aliphatic heterocycles. The van der Waals surface area contributed by atoms with Crippen molar-refractivity contribution in [3.63, 3.8) is 0 Å². The van der Waals surface area contributed by atoms with E-state index in [2.05, 4.69) is 0 Å². The van der Waals surface area contributed by atoms with E-state index < -0.39 is 23.3 Å². The van der Waals surface area contributed by atoms with Gasteiger partial charge in [-0.2, -0.15) is 13.2 Å². The normalized spacial score (nSPS) is 29.4. The minimum atomic E-state index is -4.43. The first-order chi connectivity index (χ1) is 13.1. The summed E-state index contributed by atoms with van der Waals surface area (Å²) in [6.45, 7) is 1.77. The van der Waals surface area contributed by atoms with Gasteiger partial charge in [0.1, 0.15) is 5.75 Å². The Morgan fingerprint density at radius 2 is 1.75 bits per heavy atom. The fourth-order valence-corrected chi connectivity index (χ4v) is 4.11. The number of nitrogens with zero attached hydrogens (tertiary/aromatic N) is 1. The highest BCUT2D eigenvalue weighted by atomic mass is 19.4. The first-order valence-electron chi connectivity index (χ1n) is 9.45. The number of aliphatic hydroxyl groups is 1. The predicted octanol–water partition coefficient (Wildman–Crippen LogP) is 3.69. The van der Waals surface area contributed by atoms with Gasteiger partial charge in [0.2, 0.25) is 5.91 Å². The third-order valence-corrected chi connectivity index (χ3v) is 5.99. The molecule has 1 spiro atoms. The van der Waals surface area contributed by atoms with Gasteiger partial charge < -0.3 is 19.5 Å². The van der Waals surface area contributed by atoms with Crippen LogP contribution in [0.15, 0.2) is 24.3 Å². The number of anilines is 1. The van der Waals surface area contributed by atoms with Crippen LogP contribution in [0.3, 0.4) is 0 Å². The van der Waals surface area contributed by atoms with E-state index in [1.807, 2.05) is 0 Å². The van der Waals surface area contributed by atoms with E-state index >= 15 is 0 Å². The van der Waals surface area contributed by atoms with Gasteiger partial charge >= 0.3 is 6.18 Å². The fraction of sp³-hybridized carbons (Fsp3) is 0.650. The summed E-state index contributed by atoms with van der Waals surface area (Å²) >= 11 is 0. The highest BCUT2D eigenvalue weighted by molar-refractivity contribution is 6.00. The summed E-state index contributed by atoms with van der Waals surface area (Å²) in [7, 11) is 1.55. The zero-order valence-electron chi connectivity index (χ0n) is 16.1. The van der Waals surface area contributed by atoms with Gasteiger partial charge in [-0.3, -0.25) is 4.79 Å². The predicted molar refractivity (Wildman–Crippen MR) is 97.3 cm³/mol. The van der Waals surface area contributed by atoms with Crippen LogP contribution in [0, 0.1) is 5.41 Å². The highest BCUT2D eigenvalue weighted by Crippen LogP contribution is 2.48. The molecule has 8 heteroatoms. The Morgan fingerprint density at radius 1 is 1.14 bits per heavy atom. The van der Waals surface area contributed by atoms with E-state index in [1.165, 1.54) is 12.1 Å². The number of rotatable bonds is 5. The number of hydrogen-bond acceptors (Lipinski definition) is 4. The lowest BCUT2D eigenvalue weighted by Crippen LogP contribution is -2.45. The largest absolute Gasteiger partial charge is 0.481 e. The molecule has 0 bridgehead atoms. The molecular formula is C20H26F3NO4. The standard InChI is InChI=1S/C20H26F3NO4/c1-14(20(21,22)23)28-16-5-3-15(4-6-16)24-12-11-18(17(24)25)7-9-19(26,10-8-18)13-27-2/h3-6,14,26H,7-13H2,1-2H3/t14-,18?,19?/m0/s1. The summed E-state index contributed by atoms with van der Waals surface area (Å²) in [5.41, 5.74) is -0.700. The van der Waals surface area contributed by atoms with Crippen molar-refractivity contribution in [2.75, 3.05) is 25.2 Å². The number of ether oxygens (including phenoxy) is 2.